The van der Waals surface area contributed by atoms with Crippen molar-refractivity contribution >= 4 is 17.6 Å². The molecular formula is C20H29N5O2. The van der Waals surface area contributed by atoms with Crippen molar-refractivity contribution in [2.45, 2.75) is 37.5 Å². The third kappa shape index (κ3) is 4.18. The van der Waals surface area contributed by atoms with E-state index in [2.05, 4.69) is 44.8 Å². The van der Waals surface area contributed by atoms with E-state index in [1.54, 1.807) is 7.05 Å². The Kier molecular flexibility index (Phi) is 5.48. The van der Waals surface area contributed by atoms with Gasteiger partial charge in [-0.25, -0.2) is 0 Å². The Labute approximate surface area is 160 Å². The van der Waals surface area contributed by atoms with E-state index in [4.69, 9.17) is 4.74 Å². The number of carbonyl (C=O) groups is 1. The van der Waals surface area contributed by atoms with Crippen LogP contribution in [0.4, 0.5) is 5.69 Å². The third-order valence-electron chi connectivity index (χ3n) is 5.81. The first-order valence-electron chi connectivity index (χ1n) is 9.93. The van der Waals surface area contributed by atoms with Gasteiger partial charge in [-0.15, -0.1) is 0 Å². The highest BCUT2D eigenvalue weighted by atomic mass is 16.5. The van der Waals surface area contributed by atoms with Gasteiger partial charge in [0.05, 0.1) is 24.8 Å². The summed E-state index contributed by atoms with van der Waals surface area (Å²) in [4.78, 5) is 21.1. The van der Waals surface area contributed by atoms with E-state index < -0.39 is 0 Å². The summed E-state index contributed by atoms with van der Waals surface area (Å²) < 4.78 is 5.87. The number of anilines is 1. The van der Waals surface area contributed by atoms with Crippen molar-refractivity contribution in [2.24, 2.45) is 4.99 Å². The maximum atomic E-state index is 12.6. The summed E-state index contributed by atoms with van der Waals surface area (Å²) in [6.45, 7) is 3.51. The van der Waals surface area contributed by atoms with E-state index in [9.17, 15) is 4.79 Å². The van der Waals surface area contributed by atoms with Crippen LogP contribution in [-0.4, -0.2) is 74.8 Å². The van der Waals surface area contributed by atoms with E-state index >= 15 is 0 Å². The zero-order chi connectivity index (χ0) is 18.6. The number of aliphatic imine (C=N–C) groups is 1. The number of hydrogen-bond acceptors (Lipinski definition) is 4. The van der Waals surface area contributed by atoms with Gasteiger partial charge in [-0.05, 0) is 31.4 Å². The highest BCUT2D eigenvalue weighted by Gasteiger charge is 2.41. The van der Waals surface area contributed by atoms with Crippen molar-refractivity contribution in [2.75, 3.05) is 44.7 Å². The van der Waals surface area contributed by atoms with Gasteiger partial charge < -0.3 is 25.2 Å². The van der Waals surface area contributed by atoms with Gasteiger partial charge in [-0.3, -0.25) is 9.79 Å². The van der Waals surface area contributed by atoms with Crippen molar-refractivity contribution in [3.05, 3.63) is 30.3 Å². The van der Waals surface area contributed by atoms with Crippen molar-refractivity contribution in [3.8, 4) is 0 Å². The number of hydrogen-bond donors (Lipinski definition) is 2. The maximum Gasteiger partial charge on any atom is 0.242 e. The second kappa shape index (κ2) is 8.17. The molecule has 2 bridgehead atoms. The average molecular weight is 371 g/mol. The maximum absolute atomic E-state index is 12.6. The molecule has 3 fully saturated rings. The number of nitrogens with one attached hydrogen (secondary N) is 2. The fourth-order valence-corrected chi connectivity index (χ4v) is 4.28. The van der Waals surface area contributed by atoms with E-state index in [1.807, 2.05) is 11.0 Å². The molecule has 4 rings (SSSR count). The third-order valence-corrected chi connectivity index (χ3v) is 5.81. The molecule has 3 aliphatic heterocycles. The van der Waals surface area contributed by atoms with Gasteiger partial charge in [0, 0.05) is 38.9 Å². The summed E-state index contributed by atoms with van der Waals surface area (Å²) in [7, 11) is 1.74. The minimum absolute atomic E-state index is 0.120. The zero-order valence-corrected chi connectivity index (χ0v) is 15.9. The molecule has 3 heterocycles. The summed E-state index contributed by atoms with van der Waals surface area (Å²) in [5.41, 5.74) is 1.22. The lowest BCUT2D eigenvalue weighted by Crippen LogP contribution is -2.53. The molecule has 1 aromatic rings. The summed E-state index contributed by atoms with van der Waals surface area (Å²) in [6.07, 6.45) is 4.00. The molecule has 3 unspecified atom stereocenters. The molecule has 3 aliphatic rings. The quantitative estimate of drug-likeness (QED) is 0.606. The van der Waals surface area contributed by atoms with Crippen molar-refractivity contribution in [1.82, 2.24) is 15.5 Å². The molecule has 146 valence electrons. The minimum atomic E-state index is 0.120. The Hall–Kier alpha value is -2.28. The summed E-state index contributed by atoms with van der Waals surface area (Å²) in [6, 6.07) is 10.7. The minimum Gasteiger partial charge on any atom is -0.373 e. The van der Waals surface area contributed by atoms with E-state index in [0.29, 0.717) is 18.1 Å². The number of guanidine groups is 1. The van der Waals surface area contributed by atoms with Gasteiger partial charge in [0.25, 0.3) is 0 Å². The normalized spacial score (nSPS) is 27.7. The molecule has 7 heteroatoms. The Bertz CT molecular complexity index is 672. The topological polar surface area (TPSA) is 69.2 Å². The van der Waals surface area contributed by atoms with Crippen molar-refractivity contribution in [1.29, 1.82) is 0 Å². The molecule has 0 aromatic heterocycles. The van der Waals surface area contributed by atoms with Crippen molar-refractivity contribution < 1.29 is 9.53 Å². The number of amides is 1. The van der Waals surface area contributed by atoms with Gasteiger partial charge in [-0.1, -0.05) is 18.2 Å². The van der Waals surface area contributed by atoms with Crippen LogP contribution in [0.5, 0.6) is 0 Å². The van der Waals surface area contributed by atoms with Gasteiger partial charge in [0.15, 0.2) is 5.96 Å². The molecule has 0 saturated carbocycles. The van der Waals surface area contributed by atoms with Gasteiger partial charge in [0.2, 0.25) is 5.91 Å². The molecule has 1 aromatic carbocycles. The molecule has 0 spiro atoms. The first-order valence-corrected chi connectivity index (χ1v) is 9.93. The molecule has 0 aliphatic carbocycles. The SMILES string of the molecule is CN=C(NCC(=O)N1CCN(c2ccccc2)CC1)NC1CC2CCC1O2. The lowest BCUT2D eigenvalue weighted by molar-refractivity contribution is -0.130. The van der Waals surface area contributed by atoms with Crippen LogP contribution in [0, 0.1) is 0 Å². The Morgan fingerprint density at radius 2 is 1.96 bits per heavy atom. The van der Waals surface area contributed by atoms with E-state index in [-0.39, 0.29) is 18.6 Å². The number of nitrogens with zero attached hydrogens (tertiary/aromatic N) is 3. The highest BCUT2D eigenvalue weighted by molar-refractivity contribution is 5.86. The number of ether oxygens (including phenoxy) is 1. The smallest absolute Gasteiger partial charge is 0.242 e. The Balaban J connectivity index is 1.21. The second-order valence-corrected chi connectivity index (χ2v) is 7.49. The fourth-order valence-electron chi connectivity index (χ4n) is 4.28. The highest BCUT2D eigenvalue weighted by Crippen LogP contribution is 2.34. The predicted octanol–water partition coefficient (Wildman–Crippen LogP) is 0.820. The van der Waals surface area contributed by atoms with Gasteiger partial charge in [0.1, 0.15) is 0 Å². The van der Waals surface area contributed by atoms with Crippen LogP contribution in [0.25, 0.3) is 0 Å². The Morgan fingerprint density at radius 3 is 2.59 bits per heavy atom. The first-order chi connectivity index (χ1) is 13.2. The fraction of sp³-hybridized carbons (Fsp3) is 0.600. The van der Waals surface area contributed by atoms with Crippen LogP contribution in [0.1, 0.15) is 19.3 Å². The van der Waals surface area contributed by atoms with Gasteiger partial charge >= 0.3 is 0 Å². The summed E-state index contributed by atoms with van der Waals surface area (Å²) in [5.74, 6) is 0.808. The predicted molar refractivity (Wildman–Crippen MR) is 106 cm³/mol. The van der Waals surface area contributed by atoms with Crippen LogP contribution in [-0.2, 0) is 9.53 Å². The molecule has 0 radical (unpaired) electrons. The number of benzene rings is 1. The average Bonchev–Trinajstić information content (AvgIpc) is 3.35. The molecule has 1 amide bonds. The standard InChI is InChI=1S/C20H29N5O2/c1-21-20(23-17-13-16-7-8-18(17)27-16)22-14-19(26)25-11-9-24(10-12-25)15-5-3-2-4-6-15/h2-6,16-18H,7-14H2,1H3,(H2,21,22,23). The zero-order valence-electron chi connectivity index (χ0n) is 15.9. The van der Waals surface area contributed by atoms with Gasteiger partial charge in [-0.2, -0.15) is 0 Å². The van der Waals surface area contributed by atoms with Crippen molar-refractivity contribution in [3.63, 3.8) is 0 Å². The lowest BCUT2D eigenvalue weighted by Gasteiger charge is -2.36. The molecule has 3 atom stereocenters. The first kappa shape index (κ1) is 18.1. The molecule has 3 saturated heterocycles. The largest absolute Gasteiger partial charge is 0.373 e. The van der Waals surface area contributed by atoms with Crippen LogP contribution >= 0.6 is 0 Å². The molecule has 27 heavy (non-hydrogen) atoms. The van der Waals surface area contributed by atoms with Crippen LogP contribution < -0.4 is 15.5 Å². The van der Waals surface area contributed by atoms with E-state index in [1.165, 1.54) is 12.1 Å². The molecule has 7 nitrogen and oxygen atoms in total. The monoisotopic (exact) mass is 371 g/mol. The number of para-hydroxylation sites is 1. The Morgan fingerprint density at radius 1 is 1.19 bits per heavy atom. The number of rotatable bonds is 4. The second-order valence-electron chi connectivity index (χ2n) is 7.49. The van der Waals surface area contributed by atoms with Crippen LogP contribution in [0.15, 0.2) is 35.3 Å². The number of fused-ring (bicyclic) bond motifs is 2. The number of piperazine rings is 1. The van der Waals surface area contributed by atoms with Crippen LogP contribution in [0.2, 0.25) is 0 Å². The molecular weight excluding hydrogens is 342 g/mol. The lowest BCUT2D eigenvalue weighted by atomic mass is 9.96. The van der Waals surface area contributed by atoms with E-state index in [0.717, 1.165) is 39.0 Å². The summed E-state index contributed by atoms with van der Waals surface area (Å²) >= 11 is 0. The summed E-state index contributed by atoms with van der Waals surface area (Å²) in [5, 5.41) is 6.59. The number of carbonyl (C=O) groups excluding carboxylic acids is 1. The molecule has 2 N–H and O–H groups in total. The van der Waals surface area contributed by atoms with Crippen LogP contribution in [0.3, 0.4) is 0 Å².